The van der Waals surface area contributed by atoms with Crippen molar-refractivity contribution in [3.05, 3.63) is 70.1 Å². The van der Waals surface area contributed by atoms with Gasteiger partial charge in [-0.25, -0.2) is 9.95 Å². The van der Waals surface area contributed by atoms with Gasteiger partial charge in [0.05, 0.1) is 11.8 Å². The molecule has 3 nitrogen and oxygen atoms in total. The number of nitrogens with one attached hydrogen (secondary N) is 1. The maximum absolute atomic E-state index is 11.2. The van der Waals surface area contributed by atoms with E-state index in [0.717, 1.165) is 17.7 Å². The van der Waals surface area contributed by atoms with Crippen LogP contribution in [0.15, 0.2) is 57.8 Å². The first-order chi connectivity index (χ1) is 9.33. The summed E-state index contributed by atoms with van der Waals surface area (Å²) in [7, 11) is 0. The number of aromatic amines is 1. The lowest BCUT2D eigenvalue weighted by Gasteiger charge is -2.05. The molecule has 1 heterocycles. The molecule has 3 heteroatoms. The molecule has 2 aromatic carbocycles. The highest BCUT2D eigenvalue weighted by molar-refractivity contribution is 5.83. The second kappa shape index (κ2) is 3.72. The van der Waals surface area contributed by atoms with E-state index >= 15 is 0 Å². The van der Waals surface area contributed by atoms with Crippen molar-refractivity contribution in [2.45, 2.75) is 6.42 Å². The van der Waals surface area contributed by atoms with Gasteiger partial charge in [-0.3, -0.25) is 0 Å². The SMILES string of the molecule is O=c1cc(-c2cccc3c2Cc2ccccc2-3)[nH]o1. The van der Waals surface area contributed by atoms with Gasteiger partial charge in [0.2, 0.25) is 0 Å². The molecule has 0 amide bonds. The number of fused-ring (bicyclic) bond motifs is 3. The summed E-state index contributed by atoms with van der Waals surface area (Å²) >= 11 is 0. The quantitative estimate of drug-likeness (QED) is 0.563. The van der Waals surface area contributed by atoms with Gasteiger partial charge < -0.3 is 4.52 Å². The summed E-state index contributed by atoms with van der Waals surface area (Å²) in [6.45, 7) is 0. The minimum absolute atomic E-state index is 0.344. The van der Waals surface area contributed by atoms with Crippen LogP contribution in [0.3, 0.4) is 0 Å². The first kappa shape index (κ1) is 10.4. The second-order valence-corrected chi connectivity index (χ2v) is 4.75. The van der Waals surface area contributed by atoms with Gasteiger partial charge in [0, 0.05) is 5.56 Å². The fraction of sp³-hybridized carbons (Fsp3) is 0.0625. The zero-order valence-corrected chi connectivity index (χ0v) is 10.1. The Kier molecular flexibility index (Phi) is 2.03. The topological polar surface area (TPSA) is 46.0 Å². The molecule has 0 saturated heterocycles. The number of H-pyrrole nitrogens is 1. The lowest BCUT2D eigenvalue weighted by atomic mass is 9.99. The fourth-order valence-corrected chi connectivity index (χ4v) is 2.82. The molecule has 3 aromatic rings. The normalized spacial score (nSPS) is 12.2. The van der Waals surface area contributed by atoms with Gasteiger partial charge in [-0.05, 0) is 28.7 Å². The van der Waals surface area contributed by atoms with Gasteiger partial charge in [-0.15, -0.1) is 0 Å². The molecule has 4 rings (SSSR count). The van der Waals surface area contributed by atoms with E-state index < -0.39 is 0 Å². The van der Waals surface area contributed by atoms with Crippen molar-refractivity contribution in [2.24, 2.45) is 0 Å². The summed E-state index contributed by atoms with van der Waals surface area (Å²) in [5.74, 6) is 0. The van der Waals surface area contributed by atoms with Gasteiger partial charge in [0.15, 0.2) is 0 Å². The molecule has 1 aliphatic carbocycles. The van der Waals surface area contributed by atoms with Gasteiger partial charge in [-0.2, -0.15) is 0 Å². The average Bonchev–Trinajstić information content (AvgIpc) is 3.02. The van der Waals surface area contributed by atoms with Crippen LogP contribution in [-0.4, -0.2) is 5.16 Å². The molecule has 0 aliphatic heterocycles. The van der Waals surface area contributed by atoms with E-state index in [1.807, 2.05) is 12.1 Å². The fourth-order valence-electron chi connectivity index (χ4n) is 2.82. The zero-order chi connectivity index (χ0) is 12.8. The molecule has 0 saturated carbocycles. The Hall–Kier alpha value is -2.55. The maximum Gasteiger partial charge on any atom is 0.357 e. The van der Waals surface area contributed by atoms with Gasteiger partial charge in [0.1, 0.15) is 0 Å². The zero-order valence-electron chi connectivity index (χ0n) is 10.1. The largest absolute Gasteiger partial charge is 0.357 e. The lowest BCUT2D eigenvalue weighted by Crippen LogP contribution is -1.89. The van der Waals surface area contributed by atoms with Crippen molar-refractivity contribution in [3.8, 4) is 22.4 Å². The third-order valence-electron chi connectivity index (χ3n) is 3.66. The Morgan fingerprint density at radius 2 is 1.74 bits per heavy atom. The van der Waals surface area contributed by atoms with Crippen molar-refractivity contribution in [2.75, 3.05) is 0 Å². The van der Waals surface area contributed by atoms with Crippen LogP contribution in [-0.2, 0) is 6.42 Å². The predicted molar refractivity (Wildman–Crippen MR) is 73.0 cm³/mol. The van der Waals surface area contributed by atoms with E-state index in [1.54, 1.807) is 0 Å². The van der Waals surface area contributed by atoms with E-state index in [2.05, 4.69) is 35.5 Å². The van der Waals surface area contributed by atoms with Crippen molar-refractivity contribution in [3.63, 3.8) is 0 Å². The summed E-state index contributed by atoms with van der Waals surface area (Å²) < 4.78 is 4.78. The molecule has 19 heavy (non-hydrogen) atoms. The second-order valence-electron chi connectivity index (χ2n) is 4.75. The van der Waals surface area contributed by atoms with Crippen molar-refractivity contribution in [1.82, 2.24) is 5.16 Å². The average molecular weight is 249 g/mol. The summed E-state index contributed by atoms with van der Waals surface area (Å²) in [5.41, 5.74) is 6.55. The van der Waals surface area contributed by atoms with Crippen LogP contribution in [0.5, 0.6) is 0 Å². The van der Waals surface area contributed by atoms with E-state index in [9.17, 15) is 4.79 Å². The number of rotatable bonds is 1. The highest BCUT2D eigenvalue weighted by atomic mass is 16.5. The number of hydrogen-bond acceptors (Lipinski definition) is 2. The highest BCUT2D eigenvalue weighted by Crippen LogP contribution is 2.40. The predicted octanol–water partition coefficient (Wildman–Crippen LogP) is 3.21. The Balaban J connectivity index is 1.97. The molecule has 0 atom stereocenters. The highest BCUT2D eigenvalue weighted by Gasteiger charge is 2.21. The molecule has 0 spiro atoms. The molecule has 1 N–H and O–H groups in total. The Morgan fingerprint density at radius 3 is 2.58 bits per heavy atom. The molecule has 0 radical (unpaired) electrons. The Bertz CT molecular complexity index is 827. The molecule has 1 aromatic heterocycles. The van der Waals surface area contributed by atoms with Gasteiger partial charge >= 0.3 is 5.63 Å². The monoisotopic (exact) mass is 249 g/mol. The third-order valence-corrected chi connectivity index (χ3v) is 3.66. The minimum Gasteiger partial charge on any atom is -0.339 e. The van der Waals surface area contributed by atoms with Crippen LogP contribution in [0.1, 0.15) is 11.1 Å². The smallest absolute Gasteiger partial charge is 0.339 e. The summed E-state index contributed by atoms with van der Waals surface area (Å²) in [5, 5.41) is 2.69. The minimum atomic E-state index is -0.344. The first-order valence-corrected chi connectivity index (χ1v) is 6.22. The molecular formula is C16H11NO2. The van der Waals surface area contributed by atoms with Crippen molar-refractivity contribution >= 4 is 0 Å². The number of hydrogen-bond donors (Lipinski definition) is 1. The van der Waals surface area contributed by atoms with Crippen molar-refractivity contribution in [1.29, 1.82) is 0 Å². The van der Waals surface area contributed by atoms with E-state index in [1.165, 1.54) is 28.3 Å². The third kappa shape index (κ3) is 1.48. The Labute approximate surface area is 109 Å². The van der Waals surface area contributed by atoms with Crippen molar-refractivity contribution < 1.29 is 4.52 Å². The van der Waals surface area contributed by atoms with Gasteiger partial charge in [-0.1, -0.05) is 42.5 Å². The van der Waals surface area contributed by atoms with E-state index in [0.29, 0.717) is 0 Å². The maximum atomic E-state index is 11.2. The molecule has 92 valence electrons. The summed E-state index contributed by atoms with van der Waals surface area (Å²) in [6, 6.07) is 16.1. The van der Waals surface area contributed by atoms with Crippen LogP contribution < -0.4 is 5.63 Å². The standard InChI is InChI=1S/C16H11NO2/c18-16-9-15(17-19-16)13-7-3-6-12-11-5-2-1-4-10(11)8-14(12)13/h1-7,9,17H,8H2. The van der Waals surface area contributed by atoms with Crippen LogP contribution in [0.4, 0.5) is 0 Å². The molecule has 0 bridgehead atoms. The van der Waals surface area contributed by atoms with E-state index in [-0.39, 0.29) is 5.63 Å². The number of benzene rings is 2. The lowest BCUT2D eigenvalue weighted by molar-refractivity contribution is 0.394. The number of aromatic nitrogens is 1. The first-order valence-electron chi connectivity index (χ1n) is 6.22. The van der Waals surface area contributed by atoms with Crippen LogP contribution >= 0.6 is 0 Å². The molecule has 0 unspecified atom stereocenters. The van der Waals surface area contributed by atoms with Gasteiger partial charge in [0.25, 0.3) is 0 Å². The molecule has 1 aliphatic rings. The van der Waals surface area contributed by atoms with Crippen LogP contribution in [0.2, 0.25) is 0 Å². The van der Waals surface area contributed by atoms with Crippen LogP contribution in [0.25, 0.3) is 22.4 Å². The Morgan fingerprint density at radius 1 is 0.947 bits per heavy atom. The molecular weight excluding hydrogens is 238 g/mol. The summed E-state index contributed by atoms with van der Waals surface area (Å²) in [6.07, 6.45) is 0.898. The molecule has 0 fully saturated rings. The van der Waals surface area contributed by atoms with E-state index in [4.69, 9.17) is 4.52 Å². The van der Waals surface area contributed by atoms with Crippen LogP contribution in [0, 0.1) is 0 Å². The summed E-state index contributed by atoms with van der Waals surface area (Å²) in [4.78, 5) is 11.2.